The summed E-state index contributed by atoms with van der Waals surface area (Å²) in [6, 6.07) is 3.88. The highest BCUT2D eigenvalue weighted by molar-refractivity contribution is 5.61. The average Bonchev–Trinajstić information content (AvgIpc) is 2.45. The molecule has 0 radical (unpaired) electrons. The van der Waals surface area contributed by atoms with Crippen molar-refractivity contribution < 1.29 is 9.13 Å². The molecule has 1 aliphatic rings. The molecule has 0 saturated heterocycles. The van der Waals surface area contributed by atoms with Crippen molar-refractivity contribution in [2.45, 2.75) is 26.6 Å². The average molecular weight is 195 g/mol. The van der Waals surface area contributed by atoms with Crippen LogP contribution in [0.1, 0.15) is 18.1 Å². The zero-order valence-corrected chi connectivity index (χ0v) is 8.43. The van der Waals surface area contributed by atoms with E-state index in [1.54, 1.807) is 0 Å². The quantitative estimate of drug-likeness (QED) is 0.732. The maximum absolute atomic E-state index is 13.0. The molecule has 0 spiro atoms. The minimum atomic E-state index is -0.943. The molecular formula is C11H14FNO. The van der Waals surface area contributed by atoms with E-state index in [1.165, 1.54) is 0 Å². The molecule has 0 aliphatic carbocycles. The van der Waals surface area contributed by atoms with E-state index in [4.69, 9.17) is 4.74 Å². The summed E-state index contributed by atoms with van der Waals surface area (Å²) in [6.45, 7) is 4.56. The zero-order valence-electron chi connectivity index (χ0n) is 8.43. The van der Waals surface area contributed by atoms with Crippen LogP contribution >= 0.6 is 0 Å². The first kappa shape index (κ1) is 9.31. The predicted molar refractivity (Wildman–Crippen MR) is 54.6 cm³/mol. The number of benzene rings is 1. The van der Waals surface area contributed by atoms with E-state index >= 15 is 0 Å². The zero-order chi connectivity index (χ0) is 10.1. The Morgan fingerprint density at radius 1 is 1.57 bits per heavy atom. The number of anilines is 1. The molecule has 76 valence electrons. The van der Waals surface area contributed by atoms with Crippen LogP contribution in [0.3, 0.4) is 0 Å². The van der Waals surface area contributed by atoms with E-state index in [0.29, 0.717) is 13.0 Å². The summed E-state index contributed by atoms with van der Waals surface area (Å²) < 4.78 is 18.4. The molecule has 0 aromatic heterocycles. The number of hydrogen-bond acceptors (Lipinski definition) is 2. The molecule has 2 nitrogen and oxygen atoms in total. The molecule has 1 aromatic rings. The highest BCUT2D eigenvalue weighted by Crippen LogP contribution is 2.32. The monoisotopic (exact) mass is 195 g/mol. The molecule has 1 N–H and O–H groups in total. The summed E-state index contributed by atoms with van der Waals surface area (Å²) in [4.78, 5) is 0. The van der Waals surface area contributed by atoms with Crippen LogP contribution in [-0.4, -0.2) is 12.9 Å². The van der Waals surface area contributed by atoms with Gasteiger partial charge in [0.25, 0.3) is 0 Å². The molecule has 1 atom stereocenters. The summed E-state index contributed by atoms with van der Waals surface area (Å²) in [6.07, 6.45) is -0.482. The van der Waals surface area contributed by atoms with Crippen LogP contribution < -0.4 is 10.1 Å². The van der Waals surface area contributed by atoms with Crippen LogP contribution in [0.5, 0.6) is 5.75 Å². The Hall–Kier alpha value is -1.25. The number of ether oxygens (including phenoxy) is 1. The molecule has 14 heavy (non-hydrogen) atoms. The Bertz CT molecular complexity index is 351. The van der Waals surface area contributed by atoms with Crippen molar-refractivity contribution in [1.82, 2.24) is 0 Å². The molecule has 3 heteroatoms. The smallest absolute Gasteiger partial charge is 0.174 e. The molecule has 1 unspecified atom stereocenters. The third kappa shape index (κ3) is 1.54. The number of halogens is 1. The molecule has 2 rings (SSSR count). The number of alkyl halides is 1. The van der Waals surface area contributed by atoms with Gasteiger partial charge in [0.1, 0.15) is 5.75 Å². The molecule has 0 amide bonds. The first-order chi connectivity index (χ1) is 6.70. The molecule has 1 heterocycles. The van der Waals surface area contributed by atoms with Crippen LogP contribution in [0.2, 0.25) is 0 Å². The maximum Gasteiger partial charge on any atom is 0.174 e. The lowest BCUT2D eigenvalue weighted by molar-refractivity contribution is 0.338. The second-order valence-electron chi connectivity index (χ2n) is 3.52. The molecular weight excluding hydrogens is 181 g/mol. The van der Waals surface area contributed by atoms with Crippen LogP contribution in [0, 0.1) is 6.92 Å². The second kappa shape index (κ2) is 3.48. The SMILES string of the molecule is CCOc1cc2c(cc1C)CC(F)N2. The van der Waals surface area contributed by atoms with E-state index in [1.807, 2.05) is 26.0 Å². The fourth-order valence-electron chi connectivity index (χ4n) is 1.77. The van der Waals surface area contributed by atoms with Crippen molar-refractivity contribution in [3.05, 3.63) is 23.3 Å². The second-order valence-corrected chi connectivity index (χ2v) is 3.52. The summed E-state index contributed by atoms with van der Waals surface area (Å²) in [7, 11) is 0. The lowest BCUT2D eigenvalue weighted by Gasteiger charge is -2.09. The molecule has 1 aromatic carbocycles. The minimum Gasteiger partial charge on any atom is -0.494 e. The number of nitrogens with one attached hydrogen (secondary N) is 1. The summed E-state index contributed by atoms with van der Waals surface area (Å²) in [5.74, 6) is 0.841. The lowest BCUT2D eigenvalue weighted by atomic mass is 10.1. The normalized spacial score (nSPS) is 18.9. The standard InChI is InChI=1S/C11H14FNO/c1-3-14-10-6-9-8(4-7(10)2)5-11(12)13-9/h4,6,11,13H,3,5H2,1-2H3. The van der Waals surface area contributed by atoms with E-state index in [0.717, 1.165) is 22.6 Å². The van der Waals surface area contributed by atoms with Crippen LogP contribution in [0.25, 0.3) is 0 Å². The lowest BCUT2D eigenvalue weighted by Crippen LogP contribution is -2.06. The fourth-order valence-corrected chi connectivity index (χ4v) is 1.77. The van der Waals surface area contributed by atoms with Gasteiger partial charge in [0.05, 0.1) is 6.61 Å². The van der Waals surface area contributed by atoms with Crippen molar-refractivity contribution in [3.63, 3.8) is 0 Å². The van der Waals surface area contributed by atoms with Gasteiger partial charge in [-0.2, -0.15) is 0 Å². The highest BCUT2D eigenvalue weighted by Gasteiger charge is 2.20. The Kier molecular flexibility index (Phi) is 2.32. The van der Waals surface area contributed by atoms with Crippen LogP contribution in [-0.2, 0) is 6.42 Å². The van der Waals surface area contributed by atoms with Gasteiger partial charge in [-0.1, -0.05) is 6.07 Å². The Labute approximate surface area is 83.1 Å². The summed E-state index contributed by atoms with van der Waals surface area (Å²) >= 11 is 0. The Morgan fingerprint density at radius 2 is 2.36 bits per heavy atom. The van der Waals surface area contributed by atoms with Crippen LogP contribution in [0.15, 0.2) is 12.1 Å². The number of rotatable bonds is 2. The van der Waals surface area contributed by atoms with Gasteiger partial charge >= 0.3 is 0 Å². The molecule has 0 fully saturated rings. The van der Waals surface area contributed by atoms with Crippen molar-refractivity contribution in [1.29, 1.82) is 0 Å². The van der Waals surface area contributed by atoms with Crippen molar-refractivity contribution in [2.24, 2.45) is 0 Å². The van der Waals surface area contributed by atoms with Gasteiger partial charge in [0.15, 0.2) is 6.30 Å². The Balaban J connectivity index is 2.35. The third-order valence-electron chi connectivity index (χ3n) is 2.41. The Morgan fingerprint density at radius 3 is 3.07 bits per heavy atom. The topological polar surface area (TPSA) is 21.3 Å². The first-order valence-corrected chi connectivity index (χ1v) is 4.87. The van der Waals surface area contributed by atoms with Gasteiger partial charge in [-0.3, -0.25) is 0 Å². The fraction of sp³-hybridized carbons (Fsp3) is 0.455. The van der Waals surface area contributed by atoms with Crippen LogP contribution in [0.4, 0.5) is 10.1 Å². The maximum atomic E-state index is 13.0. The van der Waals surface area contributed by atoms with E-state index in [-0.39, 0.29) is 0 Å². The molecule has 0 saturated carbocycles. The largest absolute Gasteiger partial charge is 0.494 e. The molecule has 1 aliphatic heterocycles. The van der Waals surface area contributed by atoms with Gasteiger partial charge in [0.2, 0.25) is 0 Å². The van der Waals surface area contributed by atoms with E-state index < -0.39 is 6.30 Å². The van der Waals surface area contributed by atoms with Gasteiger partial charge in [0, 0.05) is 18.2 Å². The van der Waals surface area contributed by atoms with Crippen molar-refractivity contribution >= 4 is 5.69 Å². The number of aryl methyl sites for hydroxylation is 1. The first-order valence-electron chi connectivity index (χ1n) is 4.87. The minimum absolute atomic E-state index is 0.461. The predicted octanol–water partition coefficient (Wildman–Crippen LogP) is 2.66. The number of hydrogen-bond donors (Lipinski definition) is 1. The van der Waals surface area contributed by atoms with E-state index in [2.05, 4.69) is 5.32 Å². The highest BCUT2D eigenvalue weighted by atomic mass is 19.1. The van der Waals surface area contributed by atoms with Gasteiger partial charge < -0.3 is 10.1 Å². The summed E-state index contributed by atoms with van der Waals surface area (Å²) in [5.41, 5.74) is 2.98. The number of fused-ring (bicyclic) bond motifs is 1. The van der Waals surface area contributed by atoms with Gasteiger partial charge in [-0.15, -0.1) is 0 Å². The molecule has 0 bridgehead atoms. The van der Waals surface area contributed by atoms with Crippen molar-refractivity contribution in [3.8, 4) is 5.75 Å². The van der Waals surface area contributed by atoms with Gasteiger partial charge in [-0.25, -0.2) is 4.39 Å². The van der Waals surface area contributed by atoms with Gasteiger partial charge in [-0.05, 0) is 25.0 Å². The van der Waals surface area contributed by atoms with E-state index in [9.17, 15) is 4.39 Å². The van der Waals surface area contributed by atoms with Crippen molar-refractivity contribution in [2.75, 3.05) is 11.9 Å². The summed E-state index contributed by atoms with van der Waals surface area (Å²) in [5, 5.41) is 2.78. The third-order valence-corrected chi connectivity index (χ3v) is 2.41.